The topological polar surface area (TPSA) is 64.1 Å². The lowest BCUT2D eigenvalue weighted by molar-refractivity contribution is 0.569. The Morgan fingerprint density at radius 1 is 1.73 bits per heavy atom. The summed E-state index contributed by atoms with van der Waals surface area (Å²) >= 11 is 4.92. The van der Waals surface area contributed by atoms with Gasteiger partial charge >= 0.3 is 0 Å². The van der Waals surface area contributed by atoms with Gasteiger partial charge in [0.25, 0.3) is 6.01 Å². The number of aryl methyl sites for hydroxylation is 1. The van der Waals surface area contributed by atoms with E-state index in [0.717, 1.165) is 0 Å². The van der Waals surface area contributed by atoms with E-state index in [1.165, 1.54) is 0 Å². The molecule has 11 heavy (non-hydrogen) atoms. The molecule has 5 heteroatoms. The fourth-order valence-electron chi connectivity index (χ4n) is 0.741. The number of rotatable bonds is 1. The van der Waals surface area contributed by atoms with Crippen LogP contribution in [0, 0.1) is 6.92 Å². The van der Waals surface area contributed by atoms with Gasteiger partial charge in [-0.05, 0) is 6.92 Å². The standard InChI is InChI=1S/C6H9N3OS/c1-3-4(5(11)8-2)10-6(7)9-3/h1-2H3,(H2,7,9)(H,8,11). The Labute approximate surface area is 69.8 Å². The van der Waals surface area contributed by atoms with Crippen molar-refractivity contribution < 1.29 is 4.42 Å². The number of nitrogens with one attached hydrogen (secondary N) is 1. The van der Waals surface area contributed by atoms with Crippen LogP contribution in [0.1, 0.15) is 11.5 Å². The number of nitrogens with zero attached hydrogens (tertiary/aromatic N) is 1. The third-order valence-corrected chi connectivity index (χ3v) is 1.64. The van der Waals surface area contributed by atoms with Crippen LogP contribution in [-0.4, -0.2) is 17.0 Å². The Bertz CT molecular complexity index is 281. The largest absolute Gasteiger partial charge is 0.421 e. The van der Waals surface area contributed by atoms with Gasteiger partial charge in [-0.2, -0.15) is 4.98 Å². The molecule has 0 amide bonds. The van der Waals surface area contributed by atoms with Gasteiger partial charge in [0.1, 0.15) is 4.99 Å². The molecule has 1 rings (SSSR count). The van der Waals surface area contributed by atoms with Crippen molar-refractivity contribution in [2.45, 2.75) is 6.92 Å². The molecular formula is C6H9N3OS. The van der Waals surface area contributed by atoms with Gasteiger partial charge < -0.3 is 15.5 Å². The van der Waals surface area contributed by atoms with E-state index in [-0.39, 0.29) is 6.01 Å². The van der Waals surface area contributed by atoms with Gasteiger partial charge in [-0.1, -0.05) is 12.2 Å². The molecule has 0 aliphatic heterocycles. The zero-order valence-corrected chi connectivity index (χ0v) is 7.16. The van der Waals surface area contributed by atoms with Crippen molar-refractivity contribution in [1.29, 1.82) is 0 Å². The van der Waals surface area contributed by atoms with Crippen LogP contribution in [0.5, 0.6) is 0 Å². The van der Waals surface area contributed by atoms with Crippen LogP contribution in [0.25, 0.3) is 0 Å². The number of nitrogen functional groups attached to an aromatic ring is 1. The second-order valence-corrected chi connectivity index (χ2v) is 2.45. The van der Waals surface area contributed by atoms with E-state index in [1.807, 2.05) is 0 Å². The Hall–Kier alpha value is -1.10. The highest BCUT2D eigenvalue weighted by atomic mass is 32.1. The third-order valence-electron chi connectivity index (χ3n) is 1.25. The van der Waals surface area contributed by atoms with Gasteiger partial charge in [0, 0.05) is 7.05 Å². The summed E-state index contributed by atoms with van der Waals surface area (Å²) in [5.74, 6) is 0.542. The first-order valence-electron chi connectivity index (χ1n) is 3.10. The van der Waals surface area contributed by atoms with E-state index in [4.69, 9.17) is 22.4 Å². The Kier molecular flexibility index (Phi) is 2.09. The second-order valence-electron chi connectivity index (χ2n) is 2.05. The predicted octanol–water partition coefficient (Wildman–Crippen LogP) is 0.460. The molecule has 0 aliphatic rings. The number of anilines is 1. The van der Waals surface area contributed by atoms with Gasteiger partial charge in [0.05, 0.1) is 5.69 Å². The van der Waals surface area contributed by atoms with Crippen LogP contribution in [-0.2, 0) is 0 Å². The van der Waals surface area contributed by atoms with Crippen LogP contribution < -0.4 is 11.1 Å². The quantitative estimate of drug-likeness (QED) is 0.601. The summed E-state index contributed by atoms with van der Waals surface area (Å²) in [5.41, 5.74) is 6.02. The molecular weight excluding hydrogens is 162 g/mol. The molecule has 4 nitrogen and oxygen atoms in total. The number of hydrogen-bond donors (Lipinski definition) is 2. The van der Waals surface area contributed by atoms with Gasteiger partial charge in [-0.3, -0.25) is 0 Å². The molecule has 0 atom stereocenters. The number of thiocarbonyl (C=S) groups is 1. The molecule has 60 valence electrons. The normalized spacial score (nSPS) is 9.64. The first-order valence-corrected chi connectivity index (χ1v) is 3.51. The van der Waals surface area contributed by atoms with Crippen molar-refractivity contribution in [2.24, 2.45) is 0 Å². The first kappa shape index (κ1) is 8.00. The maximum atomic E-state index is 5.31. The first-order chi connectivity index (χ1) is 5.15. The summed E-state index contributed by atoms with van der Waals surface area (Å²) in [6, 6.07) is 0.148. The molecule has 1 heterocycles. The Morgan fingerprint density at radius 3 is 2.73 bits per heavy atom. The zero-order chi connectivity index (χ0) is 8.43. The van der Waals surface area contributed by atoms with Crippen LogP contribution in [0.2, 0.25) is 0 Å². The van der Waals surface area contributed by atoms with E-state index in [1.54, 1.807) is 14.0 Å². The van der Waals surface area contributed by atoms with Crippen LogP contribution >= 0.6 is 12.2 Å². The lowest BCUT2D eigenvalue weighted by Crippen LogP contribution is -2.16. The second kappa shape index (κ2) is 2.87. The fraction of sp³-hybridized carbons (Fsp3) is 0.333. The third kappa shape index (κ3) is 1.48. The lowest BCUT2D eigenvalue weighted by atomic mass is 10.4. The summed E-state index contributed by atoms with van der Waals surface area (Å²) in [6.07, 6.45) is 0. The van der Waals surface area contributed by atoms with E-state index in [2.05, 4.69) is 10.3 Å². The molecule has 0 fully saturated rings. The van der Waals surface area contributed by atoms with Crippen molar-refractivity contribution in [2.75, 3.05) is 12.8 Å². The monoisotopic (exact) mass is 171 g/mol. The minimum absolute atomic E-state index is 0.148. The van der Waals surface area contributed by atoms with Gasteiger partial charge in [0.2, 0.25) is 0 Å². The minimum atomic E-state index is 0.148. The number of oxazole rings is 1. The zero-order valence-electron chi connectivity index (χ0n) is 6.34. The summed E-state index contributed by atoms with van der Waals surface area (Å²) < 4.78 is 5.03. The van der Waals surface area contributed by atoms with E-state index < -0.39 is 0 Å². The molecule has 0 saturated carbocycles. The lowest BCUT2D eigenvalue weighted by Gasteiger charge is -1.96. The number of aromatic nitrogens is 1. The SMILES string of the molecule is CNC(=S)c1oc(N)nc1C. The molecule has 3 N–H and O–H groups in total. The highest BCUT2D eigenvalue weighted by molar-refractivity contribution is 7.80. The predicted molar refractivity (Wildman–Crippen MR) is 46.4 cm³/mol. The molecule has 0 bridgehead atoms. The Balaban J connectivity index is 3.03. The summed E-state index contributed by atoms with van der Waals surface area (Å²) in [7, 11) is 1.72. The summed E-state index contributed by atoms with van der Waals surface area (Å²) in [6.45, 7) is 1.79. The molecule has 0 spiro atoms. The van der Waals surface area contributed by atoms with Gasteiger partial charge in [-0.15, -0.1) is 0 Å². The van der Waals surface area contributed by atoms with Crippen molar-refractivity contribution in [3.63, 3.8) is 0 Å². The number of hydrogen-bond acceptors (Lipinski definition) is 4. The van der Waals surface area contributed by atoms with Crippen molar-refractivity contribution in [1.82, 2.24) is 10.3 Å². The molecule has 1 aromatic heterocycles. The molecule has 0 saturated heterocycles. The fourth-order valence-corrected chi connectivity index (χ4v) is 0.931. The van der Waals surface area contributed by atoms with Gasteiger partial charge in [-0.25, -0.2) is 0 Å². The molecule has 1 aromatic rings. The minimum Gasteiger partial charge on any atom is -0.421 e. The Morgan fingerprint density at radius 2 is 2.36 bits per heavy atom. The maximum Gasteiger partial charge on any atom is 0.292 e. The smallest absolute Gasteiger partial charge is 0.292 e. The van der Waals surface area contributed by atoms with Crippen molar-refractivity contribution in [3.05, 3.63) is 11.5 Å². The highest BCUT2D eigenvalue weighted by Crippen LogP contribution is 2.11. The summed E-state index contributed by atoms with van der Waals surface area (Å²) in [4.78, 5) is 4.38. The maximum absolute atomic E-state index is 5.31. The molecule has 0 aromatic carbocycles. The average Bonchev–Trinajstić information content (AvgIpc) is 2.28. The van der Waals surface area contributed by atoms with E-state index in [9.17, 15) is 0 Å². The van der Waals surface area contributed by atoms with Gasteiger partial charge in [0.15, 0.2) is 5.76 Å². The van der Waals surface area contributed by atoms with E-state index in [0.29, 0.717) is 16.4 Å². The average molecular weight is 171 g/mol. The van der Waals surface area contributed by atoms with Crippen molar-refractivity contribution in [3.8, 4) is 0 Å². The molecule has 0 unspecified atom stereocenters. The van der Waals surface area contributed by atoms with Crippen LogP contribution in [0.3, 0.4) is 0 Å². The van der Waals surface area contributed by atoms with Crippen LogP contribution in [0.4, 0.5) is 6.01 Å². The highest BCUT2D eigenvalue weighted by Gasteiger charge is 2.10. The van der Waals surface area contributed by atoms with Crippen LogP contribution in [0.15, 0.2) is 4.42 Å². The number of nitrogens with two attached hydrogens (primary N) is 1. The summed E-state index contributed by atoms with van der Waals surface area (Å²) in [5, 5.41) is 2.78. The molecule has 0 radical (unpaired) electrons. The van der Waals surface area contributed by atoms with E-state index >= 15 is 0 Å². The van der Waals surface area contributed by atoms with Crippen molar-refractivity contribution >= 4 is 23.2 Å². The molecule has 0 aliphatic carbocycles.